The molecule has 9 rings (SSSR count). The van der Waals surface area contributed by atoms with Crippen molar-refractivity contribution in [2.24, 2.45) is 23.5 Å². The molecule has 3 aliphatic heterocycles. The number of nitrogens with one attached hydrogen (secondary N) is 2. The van der Waals surface area contributed by atoms with Crippen molar-refractivity contribution in [2.45, 2.75) is 137 Å². The summed E-state index contributed by atoms with van der Waals surface area (Å²) in [6.07, 6.45) is -16.7. The topological polar surface area (TPSA) is 519 Å². The Hall–Kier alpha value is -8.10. The average molecular weight is 1470 g/mol. The molecule has 562 valence electrons. The minimum Gasteiger partial charge on any atom is -0.870 e. The van der Waals surface area contributed by atoms with Crippen molar-refractivity contribution in [3.05, 3.63) is 180 Å². The minimum atomic E-state index is -2.46. The zero-order valence-corrected chi connectivity index (χ0v) is 60.0. The monoisotopic (exact) mass is 1470 g/mol. The first-order valence-electron chi connectivity index (χ1n) is 32.3. The molecular weight excluding hydrogens is 1380 g/mol. The molecule has 3 fully saturated rings. The summed E-state index contributed by atoms with van der Waals surface area (Å²) in [4.78, 5) is 70.8. The number of nitrogens with two attached hydrogens (primary N) is 1. The maximum Gasteiger partial charge on any atom is 1.00 e. The molecule has 0 aromatic heterocycles. The van der Waals surface area contributed by atoms with E-state index in [4.69, 9.17) is 39.3 Å². The largest absolute Gasteiger partial charge is 1.00 e. The van der Waals surface area contributed by atoms with Crippen LogP contribution in [0.5, 0.6) is 34.5 Å². The maximum atomic E-state index is 12.6. The van der Waals surface area contributed by atoms with Gasteiger partial charge >= 0.3 is 53.4 Å². The molecule has 3 heterocycles. The van der Waals surface area contributed by atoms with Crippen LogP contribution in [0.2, 0.25) is 0 Å². The number of carbonyl (C=O) groups is 6. The van der Waals surface area contributed by atoms with Crippen LogP contribution in [-0.2, 0) is 38.1 Å². The number of carbonyl (C=O) groups excluding carboxylic acids is 4. The molecule has 3 aliphatic rings. The Bertz CT molecular complexity index is 3680. The van der Waals surface area contributed by atoms with Gasteiger partial charge in [0, 0.05) is 67.8 Å². The van der Waals surface area contributed by atoms with Crippen LogP contribution in [0.1, 0.15) is 78.0 Å². The molecule has 6 aromatic rings. The zero-order valence-electron chi connectivity index (χ0n) is 58.0. The molecule has 18 N–H and O–H groups in total. The summed E-state index contributed by atoms with van der Waals surface area (Å²) in [6.45, 7) is 5.13. The number of aromatic carboxylic acids is 1. The summed E-state index contributed by atoms with van der Waals surface area (Å²) in [5, 5.41) is 135. The summed E-state index contributed by atoms with van der Waals surface area (Å²) in [7, 11) is 2.11. The number of aliphatic hydroxyl groups is 11. The molecule has 0 aliphatic carbocycles. The van der Waals surface area contributed by atoms with Gasteiger partial charge in [0.25, 0.3) is 23.4 Å². The van der Waals surface area contributed by atoms with E-state index in [0.29, 0.717) is 40.1 Å². The molecule has 2 amide bonds. The van der Waals surface area contributed by atoms with E-state index in [2.05, 4.69) is 20.1 Å². The molecule has 3 unspecified atom stereocenters. The first-order valence-corrected chi connectivity index (χ1v) is 32.3. The Morgan fingerprint density at radius 1 is 0.471 bits per heavy atom. The van der Waals surface area contributed by atoms with E-state index in [1.54, 1.807) is 99.6 Å². The molecule has 31 nitrogen and oxygen atoms in total. The van der Waals surface area contributed by atoms with Gasteiger partial charge in [0.2, 0.25) is 0 Å². The number of carboxylic acids is 2. The third kappa shape index (κ3) is 24.5. The smallest absolute Gasteiger partial charge is 0.870 e. The molecule has 0 radical (unpaired) electrons. The first kappa shape index (κ1) is 88.3. The summed E-state index contributed by atoms with van der Waals surface area (Å²) >= 11 is 0. The summed E-state index contributed by atoms with van der Waals surface area (Å²) in [5.74, 6) is -8.87. The van der Waals surface area contributed by atoms with E-state index in [-0.39, 0.29) is 78.6 Å². The van der Waals surface area contributed by atoms with Crippen LogP contribution >= 0.6 is 0 Å². The van der Waals surface area contributed by atoms with Gasteiger partial charge in [-0.1, -0.05) is 93.6 Å². The number of ether oxygens (including phenoxy) is 8. The minimum absolute atomic E-state index is 0. The zero-order chi connectivity index (χ0) is 75.2. The Labute approximate surface area is 620 Å². The summed E-state index contributed by atoms with van der Waals surface area (Å²) in [6, 6.07) is 46.7. The number of hydrogen-bond acceptors (Lipinski definition) is 27. The number of amides is 2. The quantitative estimate of drug-likeness (QED) is 0.0283. The van der Waals surface area contributed by atoms with Crippen LogP contribution in [-0.4, -0.2) is 232 Å². The van der Waals surface area contributed by atoms with Gasteiger partial charge < -0.3 is 126 Å². The van der Waals surface area contributed by atoms with Crippen molar-refractivity contribution in [3.8, 4) is 34.5 Å². The standard InChI is InChI=1S/C24H29NO9.C24H29NO8.C13H10O3.C11H21NO7.Na.H2O/c1-14-18(26)12-24(31,23(30)32-2)34-21(14)20(28)19(27)13-25-22(29)15-7-6-10-17(11-15)33-16-8-4-3-5-9-16;1-14-18(26)12-24(2,23(30)31)33-21(14)20(28)19(27)13-25-22(29)15-7-6-10-17(11-15)32-16-8-4-3-5-9-16;14-13(15)10-5-4-8-12(9-10)16-11-6-2-1-3-7-11;1-5-6(13)3-11(17,10(16)18-2)19-9(5)8(15)7(14)4-12;;/h3-11,14,18-21,26-28,31H,12-13H2,1-2H3,(H,25,29);3-11,14,18-21,26-28H,12-13H2,1-2H3,(H,25,29)(H,30,31);1-9H,(H,14,15);5-9,13-15,17H,3-4,12H2,1-2H3;;1H2/q;;;;+1;/p-1/t2*14-,18-,19-,20-,21?,24-;;5-,6-,7-,8-,9?,11-;;/m11.1../s1. The van der Waals surface area contributed by atoms with E-state index in [0.717, 1.165) is 14.2 Å². The Morgan fingerprint density at radius 2 is 0.769 bits per heavy atom. The molecular formula is C72H90N3NaO28. The number of carboxylic acid groups (broad SMARTS) is 2. The van der Waals surface area contributed by atoms with Crippen LogP contribution < -0.4 is 60.1 Å². The number of aliphatic hydroxyl groups excluding tert-OH is 9. The molecule has 18 atom stereocenters. The predicted octanol–water partition coefficient (Wildman–Crippen LogP) is -0.544. The van der Waals surface area contributed by atoms with Gasteiger partial charge in [-0.15, -0.1) is 0 Å². The third-order valence-electron chi connectivity index (χ3n) is 17.1. The van der Waals surface area contributed by atoms with E-state index in [9.17, 15) is 90.0 Å². The predicted molar refractivity (Wildman–Crippen MR) is 361 cm³/mol. The third-order valence-corrected chi connectivity index (χ3v) is 17.1. The average Bonchev–Trinajstić information content (AvgIpc) is 0.792. The number of methoxy groups -OCH3 is 2. The number of benzene rings is 6. The normalized spacial score (nSPS) is 25.6. The fourth-order valence-corrected chi connectivity index (χ4v) is 10.9. The van der Waals surface area contributed by atoms with Gasteiger partial charge in [-0.2, -0.15) is 0 Å². The second kappa shape index (κ2) is 41.0. The van der Waals surface area contributed by atoms with Gasteiger partial charge in [-0.25, -0.2) is 19.2 Å². The van der Waals surface area contributed by atoms with Crippen molar-refractivity contribution in [2.75, 3.05) is 33.9 Å². The Morgan fingerprint density at radius 3 is 1.09 bits per heavy atom. The van der Waals surface area contributed by atoms with E-state index < -0.39 is 150 Å². The Kier molecular flexibility index (Phi) is 34.8. The number of rotatable bonds is 23. The van der Waals surface area contributed by atoms with Crippen molar-refractivity contribution in [3.63, 3.8) is 0 Å². The van der Waals surface area contributed by atoms with Crippen LogP contribution in [0, 0.1) is 17.8 Å². The van der Waals surface area contributed by atoms with Crippen LogP contribution in [0.15, 0.2) is 164 Å². The van der Waals surface area contributed by atoms with Gasteiger partial charge in [0.1, 0.15) is 52.8 Å². The van der Waals surface area contributed by atoms with Crippen LogP contribution in [0.25, 0.3) is 0 Å². The van der Waals surface area contributed by atoms with E-state index in [1.165, 1.54) is 25.1 Å². The number of aliphatic carboxylic acids is 1. The fourth-order valence-electron chi connectivity index (χ4n) is 10.9. The second-order valence-electron chi connectivity index (χ2n) is 24.7. The van der Waals surface area contributed by atoms with Crippen molar-refractivity contribution in [1.82, 2.24) is 10.6 Å². The van der Waals surface area contributed by atoms with Crippen molar-refractivity contribution >= 4 is 35.7 Å². The first-order chi connectivity index (χ1) is 48.3. The number of hydrogen-bond donors (Lipinski definition) is 16. The van der Waals surface area contributed by atoms with Crippen LogP contribution in [0.3, 0.4) is 0 Å². The SMILES string of the molecule is COC(=O)[C@@]1(O)C[C@@H](O)[C@@H](C)C([C@H](O)[C@H](O)CN)O1.COC(=O)[C@@]1(O)C[C@@H](O)[C@@H](C)C([C@H](O)[C@H](O)CNC(=O)c2cccc(Oc3ccccc3)c2)O1.C[C@H]1C([C@H](O)[C@H](O)CNC(=O)c2cccc(Oc3ccccc3)c2)O[C@@](C)(C(=O)O)C[C@H]1O.O=C(O)c1cccc(Oc2ccccc2)c1.[Na+].[OH-]. The summed E-state index contributed by atoms with van der Waals surface area (Å²) < 4.78 is 41.9. The fraction of sp³-hybridized carbons (Fsp3) is 0.417. The van der Waals surface area contributed by atoms with E-state index in [1.807, 2.05) is 66.7 Å². The van der Waals surface area contributed by atoms with Crippen molar-refractivity contribution in [1.29, 1.82) is 0 Å². The van der Waals surface area contributed by atoms with Crippen molar-refractivity contribution < 1.29 is 168 Å². The molecule has 0 saturated carbocycles. The molecule has 0 spiro atoms. The molecule has 6 aromatic carbocycles. The molecule has 0 bridgehead atoms. The molecule has 3 saturated heterocycles. The van der Waals surface area contributed by atoms with Gasteiger partial charge in [0.15, 0.2) is 5.60 Å². The number of esters is 2. The maximum absolute atomic E-state index is 12.6. The van der Waals surface area contributed by atoms with E-state index >= 15 is 0 Å². The Balaban J connectivity index is 0.000000305. The second-order valence-corrected chi connectivity index (χ2v) is 24.7. The number of para-hydroxylation sites is 3. The molecule has 32 heteroatoms. The van der Waals surface area contributed by atoms with Gasteiger partial charge in [0.05, 0.1) is 74.7 Å². The summed E-state index contributed by atoms with van der Waals surface area (Å²) in [5.41, 5.74) is 4.32. The van der Waals surface area contributed by atoms with Gasteiger partial charge in [-0.3, -0.25) is 9.59 Å². The molecule has 104 heavy (non-hydrogen) atoms. The van der Waals surface area contributed by atoms with Gasteiger partial charge in [-0.05, 0) is 97.9 Å². The van der Waals surface area contributed by atoms with Crippen LogP contribution in [0.4, 0.5) is 0 Å².